The summed E-state index contributed by atoms with van der Waals surface area (Å²) in [7, 11) is 0. The van der Waals surface area contributed by atoms with Crippen molar-refractivity contribution in [1.82, 2.24) is 10.6 Å². The van der Waals surface area contributed by atoms with Crippen LogP contribution in [0, 0.1) is 0 Å². The van der Waals surface area contributed by atoms with Crippen LogP contribution >= 0.6 is 12.4 Å². The molecule has 6 heteroatoms. The van der Waals surface area contributed by atoms with Crippen LogP contribution in [0.1, 0.15) is 36.5 Å². The van der Waals surface area contributed by atoms with Crippen LogP contribution in [0.3, 0.4) is 0 Å². The molecule has 1 aliphatic rings. The van der Waals surface area contributed by atoms with Gasteiger partial charge in [0, 0.05) is 24.6 Å². The predicted octanol–water partition coefficient (Wildman–Crippen LogP) is 1.95. The van der Waals surface area contributed by atoms with Gasteiger partial charge in [0.2, 0.25) is 5.91 Å². The van der Waals surface area contributed by atoms with Gasteiger partial charge >= 0.3 is 0 Å². The molecule has 1 heterocycles. The van der Waals surface area contributed by atoms with Gasteiger partial charge in [0.1, 0.15) is 5.75 Å². The molecule has 5 nitrogen and oxygen atoms in total. The minimum absolute atomic E-state index is 0. The average molecular weight is 327 g/mol. The van der Waals surface area contributed by atoms with E-state index in [1.54, 1.807) is 24.3 Å². The van der Waals surface area contributed by atoms with Gasteiger partial charge in [-0.1, -0.05) is 0 Å². The number of nitrogens with one attached hydrogen (secondary N) is 2. The standard InChI is InChI=1S/C16H22N2O3.ClH/c1-12(19)13-4-6-15(7-5-13)21-10-2-3-16(20)18-14-8-9-17-11-14;/h4-7,14,17H,2-3,8-11H2,1H3,(H,18,20);1H. The monoisotopic (exact) mass is 326 g/mol. The third kappa shape index (κ3) is 6.03. The molecule has 1 aliphatic heterocycles. The van der Waals surface area contributed by atoms with Crippen LogP contribution in [-0.4, -0.2) is 37.4 Å². The van der Waals surface area contributed by atoms with Crippen LogP contribution in [0.2, 0.25) is 0 Å². The number of hydrogen-bond acceptors (Lipinski definition) is 4. The summed E-state index contributed by atoms with van der Waals surface area (Å²) in [6, 6.07) is 7.33. The molecule has 0 aliphatic carbocycles. The van der Waals surface area contributed by atoms with Gasteiger partial charge in [0.15, 0.2) is 5.78 Å². The highest BCUT2D eigenvalue weighted by Crippen LogP contribution is 2.13. The number of carbonyl (C=O) groups excluding carboxylic acids is 2. The van der Waals surface area contributed by atoms with Crippen LogP contribution in [-0.2, 0) is 4.79 Å². The number of rotatable bonds is 7. The van der Waals surface area contributed by atoms with Crippen LogP contribution in [0.25, 0.3) is 0 Å². The van der Waals surface area contributed by atoms with Gasteiger partial charge in [-0.3, -0.25) is 9.59 Å². The van der Waals surface area contributed by atoms with E-state index < -0.39 is 0 Å². The van der Waals surface area contributed by atoms with E-state index in [1.165, 1.54) is 6.92 Å². The van der Waals surface area contributed by atoms with Crippen LogP contribution in [0.4, 0.5) is 0 Å². The molecule has 1 saturated heterocycles. The Labute approximate surface area is 137 Å². The van der Waals surface area contributed by atoms with Gasteiger partial charge in [-0.2, -0.15) is 0 Å². The molecule has 1 atom stereocenters. The second kappa shape index (κ2) is 9.43. The van der Waals surface area contributed by atoms with E-state index >= 15 is 0 Å². The normalized spacial score (nSPS) is 16.7. The lowest BCUT2D eigenvalue weighted by Crippen LogP contribution is -2.36. The molecular formula is C16H23ClN2O3. The number of hydrogen-bond donors (Lipinski definition) is 2. The molecule has 0 radical (unpaired) electrons. The molecule has 22 heavy (non-hydrogen) atoms. The van der Waals surface area contributed by atoms with Gasteiger partial charge in [0.05, 0.1) is 6.61 Å². The van der Waals surface area contributed by atoms with Crippen LogP contribution in [0.15, 0.2) is 24.3 Å². The maximum atomic E-state index is 11.7. The highest BCUT2D eigenvalue weighted by Gasteiger charge is 2.16. The zero-order valence-corrected chi connectivity index (χ0v) is 13.6. The zero-order chi connectivity index (χ0) is 15.1. The number of carbonyl (C=O) groups is 2. The Kier molecular flexibility index (Phi) is 7.91. The van der Waals surface area contributed by atoms with E-state index in [-0.39, 0.29) is 30.1 Å². The second-order valence-corrected chi connectivity index (χ2v) is 5.29. The summed E-state index contributed by atoms with van der Waals surface area (Å²) in [6.45, 7) is 3.87. The van der Waals surface area contributed by atoms with Crippen molar-refractivity contribution >= 4 is 24.1 Å². The van der Waals surface area contributed by atoms with Crippen molar-refractivity contribution in [3.63, 3.8) is 0 Å². The predicted molar refractivity (Wildman–Crippen MR) is 87.8 cm³/mol. The summed E-state index contributed by atoms with van der Waals surface area (Å²) >= 11 is 0. The minimum Gasteiger partial charge on any atom is -0.494 e. The van der Waals surface area contributed by atoms with Crippen molar-refractivity contribution in [3.8, 4) is 5.75 Å². The summed E-state index contributed by atoms with van der Waals surface area (Å²) in [5.41, 5.74) is 0.673. The molecule has 0 bridgehead atoms. The average Bonchev–Trinajstić information content (AvgIpc) is 2.97. The topological polar surface area (TPSA) is 67.4 Å². The van der Waals surface area contributed by atoms with Crippen molar-refractivity contribution in [1.29, 1.82) is 0 Å². The van der Waals surface area contributed by atoms with Crippen molar-refractivity contribution < 1.29 is 14.3 Å². The lowest BCUT2D eigenvalue weighted by Gasteiger charge is -2.11. The zero-order valence-electron chi connectivity index (χ0n) is 12.8. The highest BCUT2D eigenvalue weighted by molar-refractivity contribution is 5.94. The third-order valence-corrected chi connectivity index (χ3v) is 3.50. The molecule has 122 valence electrons. The summed E-state index contributed by atoms with van der Waals surface area (Å²) in [5, 5.41) is 6.22. The molecule has 0 saturated carbocycles. The third-order valence-electron chi connectivity index (χ3n) is 3.50. The maximum Gasteiger partial charge on any atom is 0.220 e. The van der Waals surface area contributed by atoms with Gasteiger partial charge in [-0.25, -0.2) is 0 Å². The molecule has 2 rings (SSSR count). The summed E-state index contributed by atoms with van der Waals surface area (Å²) < 4.78 is 5.56. The Hall–Kier alpha value is -1.59. The van der Waals surface area contributed by atoms with Crippen LogP contribution < -0.4 is 15.4 Å². The number of amides is 1. The first-order chi connectivity index (χ1) is 10.1. The number of benzene rings is 1. The summed E-state index contributed by atoms with van der Waals surface area (Å²) in [4.78, 5) is 22.8. The van der Waals surface area contributed by atoms with Crippen molar-refractivity contribution in [2.24, 2.45) is 0 Å². The molecular weight excluding hydrogens is 304 g/mol. The van der Waals surface area contributed by atoms with E-state index in [1.807, 2.05) is 0 Å². The van der Waals surface area contributed by atoms with Gasteiger partial charge in [0.25, 0.3) is 0 Å². The molecule has 1 fully saturated rings. The Morgan fingerprint density at radius 1 is 1.32 bits per heavy atom. The smallest absolute Gasteiger partial charge is 0.220 e. The molecule has 1 aromatic carbocycles. The fourth-order valence-electron chi connectivity index (χ4n) is 2.29. The maximum absolute atomic E-state index is 11.7. The van der Waals surface area contributed by atoms with Gasteiger partial charge < -0.3 is 15.4 Å². The van der Waals surface area contributed by atoms with Gasteiger partial charge in [-0.05, 0) is 50.6 Å². The Morgan fingerprint density at radius 3 is 2.64 bits per heavy atom. The van der Waals surface area contributed by atoms with E-state index in [4.69, 9.17) is 4.74 Å². The van der Waals surface area contributed by atoms with E-state index in [0.717, 1.165) is 25.3 Å². The molecule has 0 spiro atoms. The first kappa shape index (κ1) is 18.5. The highest BCUT2D eigenvalue weighted by atomic mass is 35.5. The first-order valence-corrected chi connectivity index (χ1v) is 7.39. The summed E-state index contributed by atoms with van der Waals surface area (Å²) in [6.07, 6.45) is 2.16. The minimum atomic E-state index is 0. The van der Waals surface area contributed by atoms with E-state index in [9.17, 15) is 9.59 Å². The fraction of sp³-hybridized carbons (Fsp3) is 0.500. The van der Waals surface area contributed by atoms with Crippen molar-refractivity contribution in [3.05, 3.63) is 29.8 Å². The van der Waals surface area contributed by atoms with E-state index in [0.29, 0.717) is 25.0 Å². The number of halogens is 1. The Morgan fingerprint density at radius 2 is 2.05 bits per heavy atom. The summed E-state index contributed by atoms with van der Waals surface area (Å²) in [5.74, 6) is 0.847. The largest absolute Gasteiger partial charge is 0.494 e. The SMILES string of the molecule is CC(=O)c1ccc(OCCCC(=O)NC2CCNC2)cc1.Cl. The second-order valence-electron chi connectivity index (χ2n) is 5.29. The Balaban J connectivity index is 0.00000242. The lowest BCUT2D eigenvalue weighted by molar-refractivity contribution is -0.121. The van der Waals surface area contributed by atoms with Crippen LogP contribution in [0.5, 0.6) is 5.75 Å². The lowest BCUT2D eigenvalue weighted by atomic mass is 10.1. The molecule has 1 aromatic rings. The van der Waals surface area contributed by atoms with Crippen molar-refractivity contribution in [2.75, 3.05) is 19.7 Å². The number of ether oxygens (including phenoxy) is 1. The van der Waals surface area contributed by atoms with Crippen molar-refractivity contribution in [2.45, 2.75) is 32.2 Å². The number of Topliss-reactive ketones (excluding diaryl/α,β-unsaturated/α-hetero) is 1. The quantitative estimate of drug-likeness (QED) is 0.593. The fourth-order valence-corrected chi connectivity index (χ4v) is 2.29. The number of ketones is 1. The molecule has 0 aromatic heterocycles. The van der Waals surface area contributed by atoms with Gasteiger partial charge in [-0.15, -0.1) is 12.4 Å². The molecule has 1 amide bonds. The first-order valence-electron chi connectivity index (χ1n) is 7.39. The van der Waals surface area contributed by atoms with E-state index in [2.05, 4.69) is 10.6 Å². The Bertz CT molecular complexity index is 485. The molecule has 1 unspecified atom stereocenters. The molecule has 2 N–H and O–H groups in total.